The lowest BCUT2D eigenvalue weighted by atomic mass is 10.0. The highest BCUT2D eigenvalue weighted by Gasteiger charge is 2.19. The molecule has 0 fully saturated rings. The lowest BCUT2D eigenvalue weighted by Crippen LogP contribution is -2.28. The number of amides is 1. The molecule has 158 valence electrons. The number of rotatable bonds is 8. The second-order valence-electron chi connectivity index (χ2n) is 7.39. The first-order valence-corrected chi connectivity index (χ1v) is 10.8. The molecule has 3 aromatic rings. The lowest BCUT2D eigenvalue weighted by molar-refractivity contribution is -0.115. The zero-order chi connectivity index (χ0) is 21.7. The Morgan fingerprint density at radius 3 is 2.50 bits per heavy atom. The predicted molar refractivity (Wildman–Crippen MR) is 122 cm³/mol. The predicted octanol–water partition coefficient (Wildman–Crippen LogP) is 4.29. The minimum absolute atomic E-state index is 0.128. The number of methoxy groups -OCH3 is 1. The van der Waals surface area contributed by atoms with Gasteiger partial charge in [0.2, 0.25) is 5.91 Å². The molecular formula is C23H27N3O3S. The van der Waals surface area contributed by atoms with E-state index in [1.54, 1.807) is 17.7 Å². The van der Waals surface area contributed by atoms with Gasteiger partial charge in [-0.3, -0.25) is 14.2 Å². The molecule has 2 aromatic carbocycles. The zero-order valence-corrected chi connectivity index (χ0v) is 18.5. The van der Waals surface area contributed by atoms with E-state index < -0.39 is 5.25 Å². The van der Waals surface area contributed by atoms with Crippen LogP contribution in [-0.2, 0) is 16.1 Å². The Hall–Kier alpha value is -2.64. The number of fused-ring (bicyclic) bond motifs is 1. The fraction of sp³-hybridized carbons (Fsp3) is 0.348. The van der Waals surface area contributed by atoms with E-state index in [0.717, 1.165) is 5.69 Å². The van der Waals surface area contributed by atoms with Gasteiger partial charge in [-0.05, 0) is 42.7 Å². The van der Waals surface area contributed by atoms with Crippen molar-refractivity contribution in [3.05, 3.63) is 64.4 Å². The molecule has 1 aromatic heterocycles. The standard InChI is InChI=1S/C23H27N3O3S/c1-15(2)17-9-11-18(12-10-17)24-21(27)16(3)30-23-25-20-8-6-5-7-19(20)22(28)26(23)13-14-29-4/h5-12,15-16H,13-14H2,1-4H3,(H,24,27)/t16-/m0/s1. The summed E-state index contributed by atoms with van der Waals surface area (Å²) in [6.45, 7) is 6.83. The van der Waals surface area contributed by atoms with Gasteiger partial charge in [0.05, 0.1) is 29.3 Å². The summed E-state index contributed by atoms with van der Waals surface area (Å²) in [5.74, 6) is 0.296. The van der Waals surface area contributed by atoms with Crippen LogP contribution in [0.5, 0.6) is 0 Å². The Bertz CT molecular complexity index is 1080. The van der Waals surface area contributed by atoms with Crippen LogP contribution in [0.25, 0.3) is 10.9 Å². The molecule has 1 heterocycles. The third kappa shape index (κ3) is 5.09. The van der Waals surface area contributed by atoms with E-state index in [1.807, 2.05) is 49.4 Å². The van der Waals surface area contributed by atoms with Gasteiger partial charge in [0.15, 0.2) is 5.16 Å². The molecule has 0 bridgehead atoms. The van der Waals surface area contributed by atoms with Crippen molar-refractivity contribution in [3.8, 4) is 0 Å². The summed E-state index contributed by atoms with van der Waals surface area (Å²) in [6.07, 6.45) is 0. The molecular weight excluding hydrogens is 398 g/mol. The number of nitrogens with zero attached hydrogens (tertiary/aromatic N) is 2. The molecule has 6 nitrogen and oxygen atoms in total. The average molecular weight is 426 g/mol. The zero-order valence-electron chi connectivity index (χ0n) is 17.7. The van der Waals surface area contributed by atoms with Crippen molar-refractivity contribution in [2.45, 2.75) is 43.6 Å². The lowest BCUT2D eigenvalue weighted by Gasteiger charge is -2.16. The third-order valence-electron chi connectivity index (χ3n) is 4.84. The number of nitrogens with one attached hydrogen (secondary N) is 1. The third-order valence-corrected chi connectivity index (χ3v) is 5.93. The molecule has 0 aliphatic carbocycles. The van der Waals surface area contributed by atoms with Gasteiger partial charge in [0, 0.05) is 12.8 Å². The van der Waals surface area contributed by atoms with E-state index >= 15 is 0 Å². The SMILES string of the molecule is COCCn1c(S[C@@H](C)C(=O)Nc2ccc(C(C)C)cc2)nc2ccccc2c1=O. The highest BCUT2D eigenvalue weighted by Crippen LogP contribution is 2.24. The topological polar surface area (TPSA) is 73.2 Å². The number of benzene rings is 2. The maximum atomic E-state index is 12.9. The van der Waals surface area contributed by atoms with Crippen LogP contribution in [-0.4, -0.2) is 34.4 Å². The number of thioether (sulfide) groups is 1. The number of para-hydroxylation sites is 1. The van der Waals surface area contributed by atoms with Crippen LogP contribution in [0.1, 0.15) is 32.3 Å². The number of anilines is 1. The van der Waals surface area contributed by atoms with Gasteiger partial charge in [0.1, 0.15) is 0 Å². The second kappa shape index (κ2) is 9.91. The first-order chi connectivity index (χ1) is 14.4. The quantitative estimate of drug-likeness (QED) is 0.431. The number of aromatic nitrogens is 2. The monoisotopic (exact) mass is 425 g/mol. The van der Waals surface area contributed by atoms with Gasteiger partial charge in [0.25, 0.3) is 5.56 Å². The summed E-state index contributed by atoms with van der Waals surface area (Å²) < 4.78 is 6.73. The number of carbonyl (C=O) groups excluding carboxylic acids is 1. The van der Waals surface area contributed by atoms with Gasteiger partial charge >= 0.3 is 0 Å². The van der Waals surface area contributed by atoms with Crippen LogP contribution in [0.3, 0.4) is 0 Å². The van der Waals surface area contributed by atoms with E-state index in [9.17, 15) is 9.59 Å². The maximum Gasteiger partial charge on any atom is 0.262 e. The van der Waals surface area contributed by atoms with Gasteiger partial charge < -0.3 is 10.1 Å². The summed E-state index contributed by atoms with van der Waals surface area (Å²) in [5.41, 5.74) is 2.46. The summed E-state index contributed by atoms with van der Waals surface area (Å²) in [7, 11) is 1.59. The van der Waals surface area contributed by atoms with Crippen molar-refractivity contribution in [2.24, 2.45) is 0 Å². The highest BCUT2D eigenvalue weighted by molar-refractivity contribution is 8.00. The largest absolute Gasteiger partial charge is 0.383 e. The van der Waals surface area contributed by atoms with E-state index in [4.69, 9.17) is 4.74 Å². The Labute approximate surface area is 180 Å². The van der Waals surface area contributed by atoms with E-state index in [1.165, 1.54) is 17.3 Å². The molecule has 0 unspecified atom stereocenters. The summed E-state index contributed by atoms with van der Waals surface area (Å²) in [6, 6.07) is 15.1. The number of hydrogen-bond donors (Lipinski definition) is 1. The molecule has 3 rings (SSSR count). The highest BCUT2D eigenvalue weighted by atomic mass is 32.2. The second-order valence-corrected chi connectivity index (χ2v) is 8.70. The van der Waals surface area contributed by atoms with Crippen molar-refractivity contribution < 1.29 is 9.53 Å². The molecule has 0 saturated carbocycles. The Morgan fingerprint density at radius 1 is 1.13 bits per heavy atom. The fourth-order valence-electron chi connectivity index (χ4n) is 3.02. The van der Waals surface area contributed by atoms with Crippen LogP contribution < -0.4 is 10.9 Å². The molecule has 0 spiro atoms. The van der Waals surface area contributed by atoms with Gasteiger partial charge in [-0.25, -0.2) is 4.98 Å². The smallest absolute Gasteiger partial charge is 0.262 e. The normalized spacial score (nSPS) is 12.3. The molecule has 7 heteroatoms. The molecule has 1 atom stereocenters. The van der Waals surface area contributed by atoms with E-state index in [-0.39, 0.29) is 11.5 Å². The summed E-state index contributed by atoms with van der Waals surface area (Å²) in [4.78, 5) is 30.3. The Morgan fingerprint density at radius 2 is 1.83 bits per heavy atom. The summed E-state index contributed by atoms with van der Waals surface area (Å²) in [5, 5.41) is 3.57. The van der Waals surface area contributed by atoms with Crippen molar-refractivity contribution >= 4 is 34.3 Å². The van der Waals surface area contributed by atoms with E-state index in [0.29, 0.717) is 35.1 Å². The van der Waals surface area contributed by atoms with Crippen LogP contribution in [0.2, 0.25) is 0 Å². The van der Waals surface area contributed by atoms with Crippen molar-refractivity contribution in [3.63, 3.8) is 0 Å². The number of hydrogen-bond acceptors (Lipinski definition) is 5. The maximum absolute atomic E-state index is 12.9. The molecule has 0 aliphatic heterocycles. The molecule has 1 N–H and O–H groups in total. The van der Waals surface area contributed by atoms with Gasteiger partial charge in [-0.15, -0.1) is 0 Å². The number of ether oxygens (including phenoxy) is 1. The van der Waals surface area contributed by atoms with Crippen molar-refractivity contribution in [1.82, 2.24) is 9.55 Å². The molecule has 0 radical (unpaired) electrons. The first-order valence-electron chi connectivity index (χ1n) is 9.96. The van der Waals surface area contributed by atoms with E-state index in [2.05, 4.69) is 24.1 Å². The van der Waals surface area contributed by atoms with Crippen molar-refractivity contribution in [2.75, 3.05) is 19.0 Å². The van der Waals surface area contributed by atoms with Gasteiger partial charge in [-0.1, -0.05) is 49.9 Å². The van der Waals surface area contributed by atoms with Crippen LogP contribution in [0.15, 0.2) is 58.5 Å². The molecule has 30 heavy (non-hydrogen) atoms. The fourth-order valence-corrected chi connectivity index (χ4v) is 3.96. The van der Waals surface area contributed by atoms with Gasteiger partial charge in [-0.2, -0.15) is 0 Å². The van der Waals surface area contributed by atoms with Crippen molar-refractivity contribution in [1.29, 1.82) is 0 Å². The first kappa shape index (κ1) is 22.1. The Kier molecular flexibility index (Phi) is 7.29. The Balaban J connectivity index is 1.81. The average Bonchev–Trinajstić information content (AvgIpc) is 2.74. The summed E-state index contributed by atoms with van der Waals surface area (Å²) >= 11 is 1.27. The number of carbonyl (C=O) groups is 1. The van der Waals surface area contributed by atoms with Crippen LogP contribution in [0.4, 0.5) is 5.69 Å². The van der Waals surface area contributed by atoms with Crippen LogP contribution >= 0.6 is 11.8 Å². The molecule has 0 saturated heterocycles. The molecule has 1 amide bonds. The minimum Gasteiger partial charge on any atom is -0.383 e. The minimum atomic E-state index is -0.434. The van der Waals surface area contributed by atoms with Crippen LogP contribution in [0, 0.1) is 0 Å². The molecule has 0 aliphatic rings.